The molecule has 0 aromatic carbocycles. The summed E-state index contributed by atoms with van der Waals surface area (Å²) in [6, 6.07) is 0. The first-order valence-corrected chi connectivity index (χ1v) is 9.43. The normalized spacial score (nSPS) is 52.4. The topological polar surface area (TPSA) is 57.5 Å². The van der Waals surface area contributed by atoms with Gasteiger partial charge in [-0.1, -0.05) is 19.4 Å². The Labute approximate surface area is 139 Å². The number of carbonyl (C=O) groups is 1. The maximum absolute atomic E-state index is 11.9. The number of ketones is 1. The van der Waals surface area contributed by atoms with Crippen molar-refractivity contribution in [2.45, 2.75) is 64.9 Å². The van der Waals surface area contributed by atoms with Gasteiger partial charge >= 0.3 is 0 Å². The van der Waals surface area contributed by atoms with Gasteiger partial charge in [-0.2, -0.15) is 0 Å². The van der Waals surface area contributed by atoms with Crippen LogP contribution in [0.1, 0.15) is 58.8 Å². The largest absolute Gasteiger partial charge is 0.396 e. The van der Waals surface area contributed by atoms with E-state index in [2.05, 4.69) is 13.8 Å². The Morgan fingerprint density at radius 2 is 2.00 bits per heavy atom. The van der Waals surface area contributed by atoms with Crippen molar-refractivity contribution >= 4 is 5.78 Å². The highest BCUT2D eigenvalue weighted by Crippen LogP contribution is 2.66. The first-order valence-electron chi connectivity index (χ1n) is 9.43. The number of rotatable bonds is 1. The van der Waals surface area contributed by atoms with Crippen molar-refractivity contribution in [1.82, 2.24) is 0 Å². The van der Waals surface area contributed by atoms with E-state index in [0.717, 1.165) is 38.5 Å². The summed E-state index contributed by atoms with van der Waals surface area (Å²) in [6.07, 6.45) is 8.46. The van der Waals surface area contributed by atoms with Gasteiger partial charge in [-0.3, -0.25) is 4.79 Å². The summed E-state index contributed by atoms with van der Waals surface area (Å²) in [5, 5.41) is 20.7. The van der Waals surface area contributed by atoms with E-state index in [0.29, 0.717) is 24.2 Å². The van der Waals surface area contributed by atoms with Gasteiger partial charge in [0.15, 0.2) is 5.78 Å². The number of hydrogen-bond acceptors (Lipinski definition) is 3. The third-order valence-electron chi connectivity index (χ3n) is 8.22. The second-order valence-electron chi connectivity index (χ2n) is 9.13. The van der Waals surface area contributed by atoms with Crippen LogP contribution in [0.25, 0.3) is 0 Å². The Morgan fingerprint density at radius 3 is 2.74 bits per heavy atom. The molecule has 0 heterocycles. The molecule has 0 aromatic heterocycles. The zero-order valence-electron chi connectivity index (χ0n) is 14.4. The zero-order valence-corrected chi connectivity index (χ0v) is 14.4. The fourth-order valence-electron chi connectivity index (χ4n) is 7.11. The van der Waals surface area contributed by atoms with Crippen molar-refractivity contribution in [3.63, 3.8) is 0 Å². The number of fused-ring (bicyclic) bond motifs is 5. The molecule has 2 unspecified atom stereocenters. The van der Waals surface area contributed by atoms with Crippen LogP contribution < -0.4 is 0 Å². The molecule has 0 aromatic rings. The molecule has 0 saturated heterocycles. The molecule has 0 spiro atoms. The lowest BCUT2D eigenvalue weighted by Crippen LogP contribution is -2.55. The van der Waals surface area contributed by atoms with Gasteiger partial charge in [0.25, 0.3) is 0 Å². The lowest BCUT2D eigenvalue weighted by molar-refractivity contribution is -0.126. The molecule has 4 aliphatic carbocycles. The molecule has 4 rings (SSSR count). The molecular weight excluding hydrogens is 288 g/mol. The molecule has 0 bridgehead atoms. The first-order chi connectivity index (χ1) is 10.9. The zero-order chi connectivity index (χ0) is 16.4. The van der Waals surface area contributed by atoms with Gasteiger partial charge in [0.05, 0.1) is 6.10 Å². The number of aliphatic hydroxyl groups is 2. The van der Waals surface area contributed by atoms with Gasteiger partial charge in [0, 0.05) is 13.0 Å². The van der Waals surface area contributed by atoms with E-state index in [1.807, 2.05) is 6.08 Å². The third-order valence-corrected chi connectivity index (χ3v) is 8.22. The van der Waals surface area contributed by atoms with Gasteiger partial charge < -0.3 is 10.2 Å². The highest BCUT2D eigenvalue weighted by Gasteiger charge is 2.61. The van der Waals surface area contributed by atoms with Crippen LogP contribution in [-0.4, -0.2) is 28.7 Å². The van der Waals surface area contributed by atoms with Crippen molar-refractivity contribution < 1.29 is 15.0 Å². The average molecular weight is 318 g/mol. The molecule has 3 heteroatoms. The molecular formula is C20H30O3. The summed E-state index contributed by atoms with van der Waals surface area (Å²) in [4.78, 5) is 11.9. The fourth-order valence-corrected chi connectivity index (χ4v) is 7.11. The molecule has 7 atom stereocenters. The lowest BCUT2D eigenvalue weighted by atomic mass is 9.44. The van der Waals surface area contributed by atoms with Crippen LogP contribution in [0.4, 0.5) is 0 Å². The molecule has 128 valence electrons. The van der Waals surface area contributed by atoms with Crippen molar-refractivity contribution in [3.8, 4) is 0 Å². The minimum absolute atomic E-state index is 0.0172. The van der Waals surface area contributed by atoms with Gasteiger partial charge in [-0.15, -0.1) is 0 Å². The summed E-state index contributed by atoms with van der Waals surface area (Å²) < 4.78 is 0. The van der Waals surface area contributed by atoms with Crippen LogP contribution in [0.2, 0.25) is 0 Å². The summed E-state index contributed by atoms with van der Waals surface area (Å²) in [6.45, 7) is 4.82. The van der Waals surface area contributed by atoms with Crippen molar-refractivity contribution in [2.75, 3.05) is 6.61 Å². The maximum atomic E-state index is 11.9. The second kappa shape index (κ2) is 5.16. The van der Waals surface area contributed by atoms with E-state index in [4.69, 9.17) is 0 Å². The smallest absolute Gasteiger partial charge is 0.155 e. The predicted molar refractivity (Wildman–Crippen MR) is 88.7 cm³/mol. The number of aliphatic hydroxyl groups excluding tert-OH is 2. The Morgan fingerprint density at radius 1 is 1.22 bits per heavy atom. The monoisotopic (exact) mass is 318 g/mol. The predicted octanol–water partition coefficient (Wildman–Crippen LogP) is 3.10. The number of hydrogen-bond donors (Lipinski definition) is 2. The lowest BCUT2D eigenvalue weighted by Gasteiger charge is -2.60. The van der Waals surface area contributed by atoms with Gasteiger partial charge in [0.1, 0.15) is 0 Å². The number of carbonyl (C=O) groups excluding carboxylic acids is 1. The van der Waals surface area contributed by atoms with Crippen LogP contribution in [0.5, 0.6) is 0 Å². The van der Waals surface area contributed by atoms with Crippen LogP contribution in [0, 0.1) is 34.5 Å². The standard InChI is InChI=1S/C20H30O3/c1-19-8-7-14(22)9-13(19)3-4-15-16-5-6-17(23)20(16,2)10-12(11-21)18(15)19/h9,12,15-18,21,23H,3-8,10-11H2,1-2H3/t12?,15-,16-,17?,18-,19-,20-/m0/s1. The summed E-state index contributed by atoms with van der Waals surface area (Å²) in [5.74, 6) is 2.20. The molecule has 0 aliphatic heterocycles. The summed E-state index contributed by atoms with van der Waals surface area (Å²) in [5.41, 5.74) is 1.41. The van der Waals surface area contributed by atoms with Gasteiger partial charge in [-0.05, 0) is 79.1 Å². The van der Waals surface area contributed by atoms with E-state index in [9.17, 15) is 15.0 Å². The van der Waals surface area contributed by atoms with E-state index in [-0.39, 0.29) is 35.2 Å². The third kappa shape index (κ3) is 2.05. The molecule has 3 nitrogen and oxygen atoms in total. The Hall–Kier alpha value is -0.670. The average Bonchev–Trinajstić information content (AvgIpc) is 2.82. The summed E-state index contributed by atoms with van der Waals surface area (Å²) in [7, 11) is 0. The van der Waals surface area contributed by atoms with E-state index >= 15 is 0 Å². The van der Waals surface area contributed by atoms with E-state index in [1.54, 1.807) is 0 Å². The highest BCUT2D eigenvalue weighted by molar-refractivity contribution is 5.91. The van der Waals surface area contributed by atoms with Gasteiger partial charge in [0.2, 0.25) is 0 Å². The molecule has 4 aliphatic rings. The van der Waals surface area contributed by atoms with Gasteiger partial charge in [-0.25, -0.2) is 0 Å². The molecule has 0 radical (unpaired) electrons. The number of allylic oxidation sites excluding steroid dienone is 1. The first kappa shape index (κ1) is 15.8. The minimum Gasteiger partial charge on any atom is -0.396 e. The van der Waals surface area contributed by atoms with Crippen LogP contribution in [-0.2, 0) is 4.79 Å². The van der Waals surface area contributed by atoms with Crippen molar-refractivity contribution in [3.05, 3.63) is 11.6 Å². The van der Waals surface area contributed by atoms with Crippen LogP contribution in [0.3, 0.4) is 0 Å². The minimum atomic E-state index is -0.208. The molecule has 3 fully saturated rings. The molecule has 2 N–H and O–H groups in total. The Bertz CT molecular complexity index is 553. The van der Waals surface area contributed by atoms with Crippen molar-refractivity contribution in [1.29, 1.82) is 0 Å². The SMILES string of the molecule is C[C@]12CCC(=O)C=C1CC[C@@H]1[C@@H]2C(CO)C[C@]2(C)C(O)CC[C@@H]12. The molecule has 0 amide bonds. The van der Waals surface area contributed by atoms with Crippen LogP contribution in [0.15, 0.2) is 11.6 Å². The van der Waals surface area contributed by atoms with E-state index < -0.39 is 0 Å². The fraction of sp³-hybridized carbons (Fsp3) is 0.850. The van der Waals surface area contributed by atoms with Crippen molar-refractivity contribution in [2.24, 2.45) is 34.5 Å². The summed E-state index contributed by atoms with van der Waals surface area (Å²) >= 11 is 0. The maximum Gasteiger partial charge on any atom is 0.155 e. The van der Waals surface area contributed by atoms with Crippen LogP contribution >= 0.6 is 0 Å². The second-order valence-corrected chi connectivity index (χ2v) is 9.13. The quantitative estimate of drug-likeness (QED) is 0.781. The molecule has 3 saturated carbocycles. The highest BCUT2D eigenvalue weighted by atomic mass is 16.3. The Balaban J connectivity index is 1.76. The van der Waals surface area contributed by atoms with E-state index in [1.165, 1.54) is 5.57 Å². The molecule has 23 heavy (non-hydrogen) atoms. The Kier molecular flexibility index (Phi) is 3.55.